The summed E-state index contributed by atoms with van der Waals surface area (Å²) < 4.78 is 30.5. The van der Waals surface area contributed by atoms with Gasteiger partial charge < -0.3 is 4.74 Å². The quantitative estimate of drug-likeness (QED) is 0.690. The second kappa shape index (κ2) is 8.14. The third kappa shape index (κ3) is 5.13. The molecule has 5 nitrogen and oxygen atoms in total. The Kier molecular flexibility index (Phi) is 6.84. The van der Waals surface area contributed by atoms with E-state index in [0.29, 0.717) is 6.42 Å². The van der Waals surface area contributed by atoms with E-state index in [1.165, 1.54) is 18.5 Å². The molecule has 1 rings (SSSR count). The van der Waals surface area contributed by atoms with E-state index in [2.05, 4.69) is 11.7 Å². The Morgan fingerprint density at radius 3 is 2.38 bits per heavy atom. The van der Waals surface area contributed by atoms with E-state index >= 15 is 0 Å². The number of esters is 1. The number of rotatable bonds is 8. The van der Waals surface area contributed by atoms with Gasteiger partial charge in [0.25, 0.3) is 0 Å². The monoisotopic (exact) mass is 313 g/mol. The standard InChI is InChI=1S/C15H23NO4S/c1-4-6-13-8-10-14(11-9-13)21(18,19)16(2)12-5-7-15(17)20-3/h8-11H,4-7,12H2,1-3H3. The first-order valence-corrected chi connectivity index (χ1v) is 8.48. The number of carbonyl (C=O) groups excluding carboxylic acids is 1. The topological polar surface area (TPSA) is 63.7 Å². The largest absolute Gasteiger partial charge is 0.469 e. The second-order valence-corrected chi connectivity index (χ2v) is 6.95. The zero-order chi connectivity index (χ0) is 15.9. The van der Waals surface area contributed by atoms with Gasteiger partial charge in [-0.2, -0.15) is 0 Å². The van der Waals surface area contributed by atoms with Crippen LogP contribution in [0.25, 0.3) is 0 Å². The molecule has 1 aromatic carbocycles. The first kappa shape index (κ1) is 17.7. The maximum Gasteiger partial charge on any atom is 0.305 e. The molecule has 0 aliphatic rings. The van der Waals surface area contributed by atoms with Gasteiger partial charge in [0.1, 0.15) is 0 Å². The molecule has 0 aliphatic heterocycles. The van der Waals surface area contributed by atoms with E-state index < -0.39 is 10.0 Å². The number of benzene rings is 1. The van der Waals surface area contributed by atoms with Crippen molar-refractivity contribution in [2.75, 3.05) is 20.7 Å². The number of carbonyl (C=O) groups is 1. The number of hydrogen-bond donors (Lipinski definition) is 0. The summed E-state index contributed by atoms with van der Waals surface area (Å²) in [6.07, 6.45) is 2.62. The third-order valence-corrected chi connectivity index (χ3v) is 5.12. The van der Waals surface area contributed by atoms with E-state index in [1.807, 2.05) is 12.1 Å². The van der Waals surface area contributed by atoms with E-state index in [4.69, 9.17) is 0 Å². The number of methoxy groups -OCH3 is 1. The van der Waals surface area contributed by atoms with Gasteiger partial charge in [0.2, 0.25) is 10.0 Å². The summed E-state index contributed by atoms with van der Waals surface area (Å²) in [5, 5.41) is 0. The summed E-state index contributed by atoms with van der Waals surface area (Å²) >= 11 is 0. The normalized spacial score (nSPS) is 11.6. The van der Waals surface area contributed by atoms with Gasteiger partial charge in [0.15, 0.2) is 0 Å². The SMILES string of the molecule is CCCc1ccc(S(=O)(=O)N(C)CCCC(=O)OC)cc1. The van der Waals surface area contributed by atoms with E-state index in [-0.39, 0.29) is 23.8 Å². The van der Waals surface area contributed by atoms with Crippen LogP contribution >= 0.6 is 0 Å². The number of aryl methyl sites for hydroxylation is 1. The highest BCUT2D eigenvalue weighted by Gasteiger charge is 2.20. The fourth-order valence-corrected chi connectivity index (χ4v) is 3.17. The molecule has 0 heterocycles. The minimum atomic E-state index is -3.49. The lowest BCUT2D eigenvalue weighted by Gasteiger charge is -2.17. The maximum absolute atomic E-state index is 12.4. The summed E-state index contributed by atoms with van der Waals surface area (Å²) in [4.78, 5) is 11.3. The molecule has 21 heavy (non-hydrogen) atoms. The fourth-order valence-electron chi connectivity index (χ4n) is 1.97. The number of sulfonamides is 1. The molecule has 0 spiro atoms. The van der Waals surface area contributed by atoms with Crippen LogP contribution in [0.4, 0.5) is 0 Å². The van der Waals surface area contributed by atoms with Crippen LogP contribution in [0, 0.1) is 0 Å². The molecule has 0 amide bonds. The molecular formula is C15H23NO4S. The molecule has 0 saturated carbocycles. The Bertz CT molecular complexity index is 552. The molecule has 0 atom stereocenters. The van der Waals surface area contributed by atoms with Crippen LogP contribution in [-0.2, 0) is 26.0 Å². The van der Waals surface area contributed by atoms with Gasteiger partial charge in [-0.15, -0.1) is 0 Å². The predicted molar refractivity (Wildman–Crippen MR) is 81.5 cm³/mol. The minimum Gasteiger partial charge on any atom is -0.469 e. The van der Waals surface area contributed by atoms with Gasteiger partial charge in [-0.25, -0.2) is 12.7 Å². The van der Waals surface area contributed by atoms with Crippen molar-refractivity contribution >= 4 is 16.0 Å². The van der Waals surface area contributed by atoms with Gasteiger partial charge in [-0.3, -0.25) is 4.79 Å². The molecule has 1 aromatic rings. The molecule has 118 valence electrons. The van der Waals surface area contributed by atoms with Gasteiger partial charge in [0, 0.05) is 20.0 Å². The molecule has 6 heteroatoms. The van der Waals surface area contributed by atoms with E-state index in [0.717, 1.165) is 18.4 Å². The van der Waals surface area contributed by atoms with Gasteiger partial charge >= 0.3 is 5.97 Å². The lowest BCUT2D eigenvalue weighted by molar-refractivity contribution is -0.140. The van der Waals surface area contributed by atoms with Crippen molar-refractivity contribution in [2.45, 2.75) is 37.5 Å². The van der Waals surface area contributed by atoms with Gasteiger partial charge in [-0.05, 0) is 30.5 Å². The third-order valence-electron chi connectivity index (χ3n) is 3.25. The van der Waals surface area contributed by atoms with Crippen LogP contribution in [-0.4, -0.2) is 39.4 Å². The fraction of sp³-hybridized carbons (Fsp3) is 0.533. The highest BCUT2D eigenvalue weighted by atomic mass is 32.2. The molecule has 0 saturated heterocycles. The van der Waals surface area contributed by atoms with Crippen molar-refractivity contribution in [3.8, 4) is 0 Å². The smallest absolute Gasteiger partial charge is 0.305 e. The summed E-state index contributed by atoms with van der Waals surface area (Å²) in [7, 11) is -0.654. The summed E-state index contributed by atoms with van der Waals surface area (Å²) in [6, 6.07) is 6.96. The van der Waals surface area contributed by atoms with Crippen LogP contribution in [0.2, 0.25) is 0 Å². The van der Waals surface area contributed by atoms with Crippen LogP contribution < -0.4 is 0 Å². The summed E-state index contributed by atoms with van der Waals surface area (Å²) in [6.45, 7) is 2.37. The Labute approximate surface area is 127 Å². The minimum absolute atomic E-state index is 0.214. The van der Waals surface area contributed by atoms with Crippen LogP contribution in [0.3, 0.4) is 0 Å². The Balaban J connectivity index is 2.68. The molecule has 0 radical (unpaired) electrons. The second-order valence-electron chi connectivity index (χ2n) is 4.90. The average Bonchev–Trinajstić information content (AvgIpc) is 2.47. The molecule has 0 N–H and O–H groups in total. The van der Waals surface area contributed by atoms with E-state index in [1.54, 1.807) is 12.1 Å². The first-order chi connectivity index (χ1) is 9.91. The zero-order valence-corrected chi connectivity index (χ0v) is 13.6. The predicted octanol–water partition coefficient (Wildman–Crippen LogP) is 2.21. The molecule has 0 aliphatic carbocycles. The average molecular weight is 313 g/mol. The highest BCUT2D eigenvalue weighted by molar-refractivity contribution is 7.89. The van der Waals surface area contributed by atoms with Crippen molar-refractivity contribution in [1.29, 1.82) is 0 Å². The van der Waals surface area contributed by atoms with Crippen molar-refractivity contribution in [3.63, 3.8) is 0 Å². The number of hydrogen-bond acceptors (Lipinski definition) is 4. The molecule has 0 fully saturated rings. The Hall–Kier alpha value is -1.40. The van der Waals surface area contributed by atoms with Crippen molar-refractivity contribution in [3.05, 3.63) is 29.8 Å². The summed E-state index contributed by atoms with van der Waals surface area (Å²) in [5.41, 5.74) is 1.13. The lowest BCUT2D eigenvalue weighted by atomic mass is 10.1. The Morgan fingerprint density at radius 2 is 1.86 bits per heavy atom. The van der Waals surface area contributed by atoms with Crippen molar-refractivity contribution in [1.82, 2.24) is 4.31 Å². The maximum atomic E-state index is 12.4. The lowest BCUT2D eigenvalue weighted by Crippen LogP contribution is -2.28. The van der Waals surface area contributed by atoms with Crippen LogP contribution in [0.1, 0.15) is 31.7 Å². The molecular weight excluding hydrogens is 290 g/mol. The Morgan fingerprint density at radius 1 is 1.24 bits per heavy atom. The molecule has 0 aromatic heterocycles. The first-order valence-electron chi connectivity index (χ1n) is 7.04. The number of ether oxygens (including phenoxy) is 1. The van der Waals surface area contributed by atoms with Crippen LogP contribution in [0.5, 0.6) is 0 Å². The highest BCUT2D eigenvalue weighted by Crippen LogP contribution is 2.16. The number of nitrogens with zero attached hydrogens (tertiary/aromatic N) is 1. The zero-order valence-electron chi connectivity index (χ0n) is 12.8. The van der Waals surface area contributed by atoms with E-state index in [9.17, 15) is 13.2 Å². The van der Waals surface area contributed by atoms with Gasteiger partial charge in [-0.1, -0.05) is 25.5 Å². The summed E-state index contributed by atoms with van der Waals surface area (Å²) in [5.74, 6) is -0.329. The van der Waals surface area contributed by atoms with Crippen molar-refractivity contribution in [2.24, 2.45) is 0 Å². The van der Waals surface area contributed by atoms with Crippen molar-refractivity contribution < 1.29 is 17.9 Å². The van der Waals surface area contributed by atoms with Gasteiger partial charge in [0.05, 0.1) is 12.0 Å². The molecule has 0 bridgehead atoms. The molecule has 0 unspecified atom stereocenters. The van der Waals surface area contributed by atoms with Crippen LogP contribution in [0.15, 0.2) is 29.2 Å².